The molecular weight excluding hydrogens is 434 g/mol. The summed E-state index contributed by atoms with van der Waals surface area (Å²) in [7, 11) is 0. The fraction of sp³-hybridized carbons (Fsp3) is 0.182. The maximum atomic E-state index is 12.5. The van der Waals surface area contributed by atoms with Gasteiger partial charge in [-0.05, 0) is 36.8 Å². The number of nitrogens with one attached hydrogen (secondary N) is 2. The van der Waals surface area contributed by atoms with Crippen molar-refractivity contribution in [1.29, 1.82) is 0 Å². The number of amides is 3. The number of urea groups is 1. The monoisotopic (exact) mass is 455 g/mol. The predicted octanol–water partition coefficient (Wildman–Crippen LogP) is 4.29. The molecule has 0 aliphatic rings. The van der Waals surface area contributed by atoms with Crippen molar-refractivity contribution in [2.75, 3.05) is 0 Å². The highest BCUT2D eigenvalue weighted by molar-refractivity contribution is 8.00. The van der Waals surface area contributed by atoms with Crippen LogP contribution in [0.4, 0.5) is 4.79 Å². The normalized spacial score (nSPS) is 11.5. The van der Waals surface area contributed by atoms with Crippen LogP contribution in [0.25, 0.3) is 11.4 Å². The first-order valence-corrected chi connectivity index (χ1v) is 10.8. The van der Waals surface area contributed by atoms with E-state index < -0.39 is 17.2 Å². The van der Waals surface area contributed by atoms with Crippen LogP contribution in [0.15, 0.2) is 72.4 Å². The smallest absolute Gasteiger partial charge is 0.321 e. The third kappa shape index (κ3) is 6.19. The first-order valence-electron chi connectivity index (χ1n) is 9.57. The Labute approximate surface area is 189 Å². The summed E-state index contributed by atoms with van der Waals surface area (Å²) in [5.74, 6) is 0.226. The molecule has 0 saturated heterocycles. The molecule has 3 aromatic rings. The molecule has 160 valence electrons. The number of nitrogens with zero attached hydrogens (tertiary/aromatic N) is 3. The lowest BCUT2D eigenvalue weighted by atomic mass is 10.2. The highest BCUT2D eigenvalue weighted by Gasteiger charge is 2.22. The maximum Gasteiger partial charge on any atom is 0.321 e. The zero-order valence-electron chi connectivity index (χ0n) is 16.9. The number of thioether (sulfide) groups is 1. The van der Waals surface area contributed by atoms with Crippen LogP contribution in [0.3, 0.4) is 0 Å². The van der Waals surface area contributed by atoms with Crippen molar-refractivity contribution in [3.05, 3.63) is 77.8 Å². The summed E-state index contributed by atoms with van der Waals surface area (Å²) in [6.07, 6.45) is 1.73. The van der Waals surface area contributed by atoms with Crippen LogP contribution in [0, 0.1) is 0 Å². The van der Waals surface area contributed by atoms with Crippen molar-refractivity contribution in [3.63, 3.8) is 0 Å². The van der Waals surface area contributed by atoms with Gasteiger partial charge in [0.05, 0.1) is 5.25 Å². The van der Waals surface area contributed by atoms with Gasteiger partial charge in [0.1, 0.15) is 0 Å². The van der Waals surface area contributed by atoms with E-state index in [-0.39, 0.29) is 0 Å². The van der Waals surface area contributed by atoms with Crippen LogP contribution in [0.1, 0.15) is 12.5 Å². The minimum Gasteiger partial charge on any atom is -0.334 e. The molecular formula is C22H22ClN5O2S. The Balaban J connectivity index is 1.63. The fourth-order valence-corrected chi connectivity index (χ4v) is 3.71. The first kappa shape index (κ1) is 22.6. The van der Waals surface area contributed by atoms with Crippen LogP contribution < -0.4 is 10.6 Å². The molecule has 7 nitrogen and oxygen atoms in total. The maximum absolute atomic E-state index is 12.5. The van der Waals surface area contributed by atoms with Crippen LogP contribution in [-0.4, -0.2) is 32.0 Å². The van der Waals surface area contributed by atoms with Gasteiger partial charge in [0.2, 0.25) is 5.91 Å². The van der Waals surface area contributed by atoms with Gasteiger partial charge < -0.3 is 5.32 Å². The Morgan fingerprint density at radius 2 is 1.87 bits per heavy atom. The Morgan fingerprint density at radius 1 is 1.16 bits per heavy atom. The van der Waals surface area contributed by atoms with Gasteiger partial charge in [0.25, 0.3) is 0 Å². The minimum absolute atomic E-state index is 0.333. The van der Waals surface area contributed by atoms with Crippen molar-refractivity contribution < 1.29 is 9.59 Å². The summed E-state index contributed by atoms with van der Waals surface area (Å²) in [6, 6.07) is 16.2. The molecule has 0 aliphatic carbocycles. The topological polar surface area (TPSA) is 88.9 Å². The van der Waals surface area contributed by atoms with E-state index in [2.05, 4.69) is 27.4 Å². The van der Waals surface area contributed by atoms with E-state index in [1.165, 1.54) is 11.8 Å². The van der Waals surface area contributed by atoms with Gasteiger partial charge in [0, 0.05) is 23.7 Å². The quantitative estimate of drug-likeness (QED) is 0.390. The van der Waals surface area contributed by atoms with Gasteiger partial charge in [0.15, 0.2) is 11.0 Å². The van der Waals surface area contributed by atoms with E-state index in [4.69, 9.17) is 11.6 Å². The summed E-state index contributed by atoms with van der Waals surface area (Å²) < 4.78 is 1.86. The lowest BCUT2D eigenvalue weighted by Crippen LogP contribution is -2.42. The molecule has 0 spiro atoms. The van der Waals surface area contributed by atoms with Crippen LogP contribution in [0.5, 0.6) is 0 Å². The minimum atomic E-state index is -0.562. The Bertz CT molecular complexity index is 1050. The Kier molecular flexibility index (Phi) is 7.86. The molecule has 2 N–H and O–H groups in total. The fourth-order valence-electron chi connectivity index (χ4n) is 2.73. The molecule has 0 bridgehead atoms. The highest BCUT2D eigenvalue weighted by Crippen LogP contribution is 2.27. The molecule has 0 radical (unpaired) electrons. The molecule has 0 aliphatic heterocycles. The van der Waals surface area contributed by atoms with Crippen LogP contribution >= 0.6 is 23.4 Å². The largest absolute Gasteiger partial charge is 0.334 e. The Hall–Kier alpha value is -3.10. The van der Waals surface area contributed by atoms with Crippen LogP contribution in [-0.2, 0) is 17.9 Å². The molecule has 1 unspecified atom stereocenters. The van der Waals surface area contributed by atoms with Gasteiger partial charge in [-0.1, -0.05) is 59.8 Å². The summed E-state index contributed by atoms with van der Waals surface area (Å²) in [5, 5.41) is 14.1. The zero-order valence-corrected chi connectivity index (χ0v) is 18.5. The lowest BCUT2D eigenvalue weighted by Gasteiger charge is -2.13. The summed E-state index contributed by atoms with van der Waals surface area (Å²) >= 11 is 7.18. The van der Waals surface area contributed by atoms with Crippen molar-refractivity contribution >= 4 is 35.3 Å². The number of aromatic nitrogens is 3. The number of hydrogen-bond acceptors (Lipinski definition) is 5. The Morgan fingerprint density at radius 3 is 2.55 bits per heavy atom. The number of hydrogen-bond donors (Lipinski definition) is 2. The summed E-state index contributed by atoms with van der Waals surface area (Å²) in [6.45, 7) is 6.30. The highest BCUT2D eigenvalue weighted by atomic mass is 35.5. The average molecular weight is 456 g/mol. The number of benzene rings is 2. The number of carbonyl (C=O) groups is 2. The molecule has 0 fully saturated rings. The van der Waals surface area contributed by atoms with E-state index in [0.717, 1.165) is 11.1 Å². The first-order chi connectivity index (χ1) is 15.0. The molecule has 31 heavy (non-hydrogen) atoms. The second-order valence-corrected chi connectivity index (χ2v) is 8.37. The van der Waals surface area contributed by atoms with Gasteiger partial charge in [-0.2, -0.15) is 0 Å². The summed E-state index contributed by atoms with van der Waals surface area (Å²) in [5.41, 5.74) is 1.79. The van der Waals surface area contributed by atoms with Crippen LogP contribution in [0.2, 0.25) is 5.02 Å². The van der Waals surface area contributed by atoms with E-state index >= 15 is 0 Å². The van der Waals surface area contributed by atoms with Crippen molar-refractivity contribution in [2.24, 2.45) is 0 Å². The predicted molar refractivity (Wildman–Crippen MR) is 123 cm³/mol. The zero-order chi connectivity index (χ0) is 22.2. The number of halogens is 1. The molecule has 3 rings (SSSR count). The molecule has 1 heterocycles. The van der Waals surface area contributed by atoms with E-state index in [0.29, 0.717) is 29.1 Å². The van der Waals surface area contributed by atoms with Gasteiger partial charge in [-0.3, -0.25) is 14.7 Å². The third-order valence-electron chi connectivity index (χ3n) is 4.31. The van der Waals surface area contributed by atoms with Crippen molar-refractivity contribution in [2.45, 2.75) is 30.4 Å². The van der Waals surface area contributed by atoms with Crippen molar-refractivity contribution in [1.82, 2.24) is 25.4 Å². The van der Waals surface area contributed by atoms with Gasteiger partial charge in [-0.25, -0.2) is 4.79 Å². The number of rotatable bonds is 8. The molecule has 1 atom stereocenters. The average Bonchev–Trinajstić information content (AvgIpc) is 3.16. The SMILES string of the molecule is C=CCn1c(SC(C)C(=O)NC(=O)NCc2ccccc2)nnc1-c1ccc(Cl)cc1. The summed E-state index contributed by atoms with van der Waals surface area (Å²) in [4.78, 5) is 24.5. The van der Waals surface area contributed by atoms with Crippen molar-refractivity contribution in [3.8, 4) is 11.4 Å². The molecule has 0 saturated carbocycles. The van der Waals surface area contributed by atoms with E-state index in [1.807, 2.05) is 47.0 Å². The van der Waals surface area contributed by atoms with E-state index in [1.54, 1.807) is 25.1 Å². The standard InChI is InChI=1S/C22H22ClN5O2S/c1-3-13-28-19(17-9-11-18(23)12-10-17)26-27-22(28)31-15(2)20(29)25-21(30)24-14-16-7-5-4-6-8-16/h3-12,15H,1,13-14H2,2H3,(H2,24,25,29,30). The van der Waals surface area contributed by atoms with Gasteiger partial charge >= 0.3 is 6.03 Å². The molecule has 9 heteroatoms. The molecule has 2 aromatic carbocycles. The number of carbonyl (C=O) groups excluding carboxylic acids is 2. The lowest BCUT2D eigenvalue weighted by molar-refractivity contribution is -0.119. The van der Waals surface area contributed by atoms with E-state index in [9.17, 15) is 9.59 Å². The van der Waals surface area contributed by atoms with Gasteiger partial charge in [-0.15, -0.1) is 16.8 Å². The third-order valence-corrected chi connectivity index (χ3v) is 5.65. The number of allylic oxidation sites excluding steroid dienone is 1. The molecule has 1 aromatic heterocycles. The number of imide groups is 1. The second-order valence-electron chi connectivity index (χ2n) is 6.63. The second kappa shape index (κ2) is 10.8. The molecule has 3 amide bonds.